The fourth-order valence-corrected chi connectivity index (χ4v) is 1.92. The van der Waals surface area contributed by atoms with E-state index >= 15 is 0 Å². The second-order valence-electron chi connectivity index (χ2n) is 4.46. The molecule has 0 atom stereocenters. The number of amides is 1. The van der Waals surface area contributed by atoms with Crippen LogP contribution in [0.1, 0.15) is 26.3 Å². The quantitative estimate of drug-likeness (QED) is 0.650. The molecule has 0 aliphatic rings. The molecule has 0 aliphatic heterocycles. The molecule has 0 saturated carbocycles. The van der Waals surface area contributed by atoms with Gasteiger partial charge in [-0.2, -0.15) is 0 Å². The Hall–Kier alpha value is -3.22. The first-order valence-corrected chi connectivity index (χ1v) is 6.33. The summed E-state index contributed by atoms with van der Waals surface area (Å²) in [4.78, 5) is 33.2. The van der Waals surface area contributed by atoms with Crippen molar-refractivity contribution in [3.8, 4) is 0 Å². The van der Waals surface area contributed by atoms with E-state index in [9.17, 15) is 19.7 Å². The number of para-hydroxylation sites is 1. The van der Waals surface area contributed by atoms with Crippen LogP contribution in [0, 0.1) is 10.1 Å². The number of nitrogens with zero attached hydrogens (tertiary/aromatic N) is 1. The maximum Gasteiger partial charge on any atom is 0.335 e. The van der Waals surface area contributed by atoms with Crippen molar-refractivity contribution >= 4 is 17.6 Å². The van der Waals surface area contributed by atoms with E-state index in [4.69, 9.17) is 5.11 Å². The molecule has 0 aromatic heterocycles. The van der Waals surface area contributed by atoms with Gasteiger partial charge in [0.1, 0.15) is 5.56 Å². The van der Waals surface area contributed by atoms with Crippen LogP contribution in [-0.2, 0) is 6.54 Å². The average molecular weight is 300 g/mol. The molecule has 7 heteroatoms. The summed E-state index contributed by atoms with van der Waals surface area (Å²) < 4.78 is 0. The smallest absolute Gasteiger partial charge is 0.335 e. The molecule has 0 fully saturated rings. The van der Waals surface area contributed by atoms with Crippen LogP contribution in [0.4, 0.5) is 5.69 Å². The van der Waals surface area contributed by atoms with E-state index in [0.717, 1.165) is 0 Å². The largest absolute Gasteiger partial charge is 0.478 e. The van der Waals surface area contributed by atoms with E-state index in [1.165, 1.54) is 36.4 Å². The minimum atomic E-state index is -1.06. The Morgan fingerprint density at radius 3 is 2.55 bits per heavy atom. The van der Waals surface area contributed by atoms with Gasteiger partial charge >= 0.3 is 5.97 Å². The van der Waals surface area contributed by atoms with Gasteiger partial charge in [0.2, 0.25) is 0 Å². The molecule has 2 rings (SSSR count). The van der Waals surface area contributed by atoms with E-state index in [2.05, 4.69) is 5.32 Å². The summed E-state index contributed by atoms with van der Waals surface area (Å²) in [6, 6.07) is 11.7. The Morgan fingerprint density at radius 1 is 1.14 bits per heavy atom. The Morgan fingerprint density at radius 2 is 1.86 bits per heavy atom. The summed E-state index contributed by atoms with van der Waals surface area (Å²) >= 11 is 0. The molecule has 0 spiro atoms. The van der Waals surface area contributed by atoms with Crippen molar-refractivity contribution in [3.05, 3.63) is 75.3 Å². The summed E-state index contributed by atoms with van der Waals surface area (Å²) in [7, 11) is 0. The standard InChI is InChI=1S/C15H12N2O5/c18-14(12-6-1-2-7-13(12)17(21)22)16-9-10-4-3-5-11(8-10)15(19)20/h1-8H,9H2,(H,16,18)(H,19,20). The highest BCUT2D eigenvalue weighted by molar-refractivity contribution is 5.98. The van der Waals surface area contributed by atoms with E-state index in [1.807, 2.05) is 0 Å². The molecule has 2 aromatic carbocycles. The molecule has 112 valence electrons. The Kier molecular flexibility index (Phi) is 4.47. The average Bonchev–Trinajstić information content (AvgIpc) is 2.52. The normalized spacial score (nSPS) is 10.0. The van der Waals surface area contributed by atoms with Crippen LogP contribution in [0.25, 0.3) is 0 Å². The molecule has 0 saturated heterocycles. The Bertz CT molecular complexity index is 742. The van der Waals surface area contributed by atoms with Crippen molar-refractivity contribution in [2.45, 2.75) is 6.54 Å². The molecular formula is C15H12N2O5. The lowest BCUT2D eigenvalue weighted by Crippen LogP contribution is -2.23. The van der Waals surface area contributed by atoms with Crippen LogP contribution in [-0.4, -0.2) is 21.9 Å². The van der Waals surface area contributed by atoms with E-state index in [-0.39, 0.29) is 23.4 Å². The number of nitro benzene ring substituents is 1. The summed E-state index contributed by atoms with van der Waals surface area (Å²) in [5.74, 6) is -1.65. The third-order valence-corrected chi connectivity index (χ3v) is 2.97. The minimum Gasteiger partial charge on any atom is -0.478 e. The summed E-state index contributed by atoms with van der Waals surface area (Å²) in [6.45, 7) is 0.0754. The van der Waals surface area contributed by atoms with Gasteiger partial charge in [-0.05, 0) is 23.8 Å². The number of hydrogen-bond acceptors (Lipinski definition) is 4. The molecule has 0 aliphatic carbocycles. The first-order chi connectivity index (χ1) is 10.5. The number of carbonyl (C=O) groups excluding carboxylic acids is 1. The Labute approximate surface area is 125 Å². The van der Waals surface area contributed by atoms with Gasteiger partial charge in [0, 0.05) is 12.6 Å². The van der Waals surface area contributed by atoms with Crippen LogP contribution in [0.2, 0.25) is 0 Å². The predicted octanol–water partition coefficient (Wildman–Crippen LogP) is 2.22. The molecule has 7 nitrogen and oxygen atoms in total. The summed E-state index contributed by atoms with van der Waals surface area (Å²) in [6.07, 6.45) is 0. The number of rotatable bonds is 5. The van der Waals surface area contributed by atoms with Gasteiger partial charge in [-0.1, -0.05) is 24.3 Å². The van der Waals surface area contributed by atoms with Crippen LogP contribution in [0.3, 0.4) is 0 Å². The van der Waals surface area contributed by atoms with E-state index in [0.29, 0.717) is 5.56 Å². The van der Waals surface area contributed by atoms with Gasteiger partial charge in [-0.15, -0.1) is 0 Å². The van der Waals surface area contributed by atoms with Crippen LogP contribution < -0.4 is 5.32 Å². The van der Waals surface area contributed by atoms with Gasteiger partial charge in [-0.3, -0.25) is 14.9 Å². The molecule has 2 N–H and O–H groups in total. The maximum absolute atomic E-state index is 12.0. The topological polar surface area (TPSA) is 110 Å². The number of carbonyl (C=O) groups is 2. The zero-order valence-corrected chi connectivity index (χ0v) is 11.4. The molecule has 1 amide bonds. The zero-order valence-electron chi connectivity index (χ0n) is 11.4. The monoisotopic (exact) mass is 300 g/mol. The number of hydrogen-bond donors (Lipinski definition) is 2. The molecule has 22 heavy (non-hydrogen) atoms. The Balaban J connectivity index is 2.12. The van der Waals surface area contributed by atoms with Crippen molar-refractivity contribution < 1.29 is 19.6 Å². The lowest BCUT2D eigenvalue weighted by molar-refractivity contribution is -0.385. The van der Waals surface area contributed by atoms with E-state index in [1.54, 1.807) is 12.1 Å². The van der Waals surface area contributed by atoms with Crippen molar-refractivity contribution in [3.63, 3.8) is 0 Å². The van der Waals surface area contributed by atoms with Crippen molar-refractivity contribution in [2.24, 2.45) is 0 Å². The number of carboxylic acids is 1. The number of nitrogens with one attached hydrogen (secondary N) is 1. The van der Waals surface area contributed by atoms with Gasteiger partial charge < -0.3 is 10.4 Å². The summed E-state index contributed by atoms with van der Waals surface area (Å²) in [5, 5.41) is 22.3. The number of nitro groups is 1. The second kappa shape index (κ2) is 6.49. The highest BCUT2D eigenvalue weighted by atomic mass is 16.6. The third kappa shape index (κ3) is 3.45. The maximum atomic E-state index is 12.0. The lowest BCUT2D eigenvalue weighted by atomic mass is 10.1. The zero-order chi connectivity index (χ0) is 16.1. The summed E-state index contributed by atoms with van der Waals surface area (Å²) in [5.41, 5.74) is 0.380. The first-order valence-electron chi connectivity index (χ1n) is 6.33. The highest BCUT2D eigenvalue weighted by Gasteiger charge is 2.18. The number of carboxylic acid groups (broad SMARTS) is 1. The van der Waals surface area contributed by atoms with Gasteiger partial charge in [0.05, 0.1) is 10.5 Å². The third-order valence-electron chi connectivity index (χ3n) is 2.97. The predicted molar refractivity (Wildman–Crippen MR) is 77.7 cm³/mol. The highest BCUT2D eigenvalue weighted by Crippen LogP contribution is 2.17. The van der Waals surface area contributed by atoms with Crippen molar-refractivity contribution in [1.29, 1.82) is 0 Å². The van der Waals surface area contributed by atoms with E-state index < -0.39 is 16.8 Å². The molecular weight excluding hydrogens is 288 g/mol. The lowest BCUT2D eigenvalue weighted by Gasteiger charge is -2.06. The number of aromatic carboxylic acids is 1. The molecule has 0 radical (unpaired) electrons. The number of benzene rings is 2. The van der Waals surface area contributed by atoms with Crippen LogP contribution in [0.15, 0.2) is 48.5 Å². The van der Waals surface area contributed by atoms with Gasteiger partial charge in [-0.25, -0.2) is 4.79 Å². The molecule has 0 heterocycles. The fourth-order valence-electron chi connectivity index (χ4n) is 1.92. The molecule has 0 unspecified atom stereocenters. The fraction of sp³-hybridized carbons (Fsp3) is 0.0667. The molecule has 0 bridgehead atoms. The minimum absolute atomic E-state index is 0.0399. The molecule has 2 aromatic rings. The SMILES string of the molecule is O=C(O)c1cccc(CNC(=O)c2ccccc2[N+](=O)[O-])c1. The van der Waals surface area contributed by atoms with Crippen molar-refractivity contribution in [2.75, 3.05) is 0 Å². The van der Waals surface area contributed by atoms with Gasteiger partial charge in [0.25, 0.3) is 11.6 Å². The van der Waals surface area contributed by atoms with Gasteiger partial charge in [0.15, 0.2) is 0 Å². The van der Waals surface area contributed by atoms with Crippen LogP contribution >= 0.6 is 0 Å². The second-order valence-corrected chi connectivity index (χ2v) is 4.46. The van der Waals surface area contributed by atoms with Crippen LogP contribution in [0.5, 0.6) is 0 Å². The van der Waals surface area contributed by atoms with Crippen molar-refractivity contribution in [1.82, 2.24) is 5.32 Å². The first kappa shape index (κ1) is 15.2.